The third-order valence-corrected chi connectivity index (χ3v) is 3.56. The van der Waals surface area contributed by atoms with E-state index < -0.39 is 5.60 Å². The number of ketones is 1. The topological polar surface area (TPSA) is 44.1 Å². The van der Waals surface area contributed by atoms with Crippen molar-refractivity contribution < 1.29 is 9.53 Å². The molecule has 0 spiro atoms. The highest BCUT2D eigenvalue weighted by Crippen LogP contribution is 2.35. The van der Waals surface area contributed by atoms with E-state index in [1.165, 1.54) is 0 Å². The summed E-state index contributed by atoms with van der Waals surface area (Å²) in [5, 5.41) is 4.20. The van der Waals surface area contributed by atoms with Crippen LogP contribution in [-0.2, 0) is 11.3 Å². The van der Waals surface area contributed by atoms with Gasteiger partial charge in [-0.2, -0.15) is 5.10 Å². The van der Waals surface area contributed by atoms with Crippen LogP contribution in [0.4, 0.5) is 0 Å². The summed E-state index contributed by atoms with van der Waals surface area (Å²) in [6, 6.07) is 0. The van der Waals surface area contributed by atoms with Crippen molar-refractivity contribution in [3.8, 4) is 0 Å². The largest absolute Gasteiger partial charge is 0.370 e. The highest BCUT2D eigenvalue weighted by Gasteiger charge is 2.42. The van der Waals surface area contributed by atoms with E-state index in [0.29, 0.717) is 5.56 Å². The summed E-state index contributed by atoms with van der Waals surface area (Å²) in [5.41, 5.74) is 0.0993. The predicted molar refractivity (Wildman–Crippen MR) is 65.1 cm³/mol. The Kier molecular flexibility index (Phi) is 3.62. The number of carbonyl (C=O) groups excluding carboxylic acids is 1. The van der Waals surface area contributed by atoms with E-state index in [1.807, 2.05) is 10.9 Å². The number of hydrogen-bond donors (Lipinski definition) is 0. The molecule has 17 heavy (non-hydrogen) atoms. The minimum absolute atomic E-state index is 0.0971. The average molecular weight is 236 g/mol. The lowest BCUT2D eigenvalue weighted by Crippen LogP contribution is -2.37. The molecule has 0 unspecified atom stereocenters. The third-order valence-electron chi connectivity index (χ3n) is 3.56. The zero-order chi connectivity index (χ0) is 12.3. The van der Waals surface area contributed by atoms with Crippen LogP contribution in [0.2, 0.25) is 0 Å². The molecular formula is C13H20N2O2. The van der Waals surface area contributed by atoms with E-state index in [2.05, 4.69) is 12.0 Å². The second-order valence-corrected chi connectivity index (χ2v) is 4.73. The summed E-state index contributed by atoms with van der Waals surface area (Å²) >= 11 is 0. The summed E-state index contributed by atoms with van der Waals surface area (Å²) in [4.78, 5) is 12.4. The second kappa shape index (κ2) is 5.00. The maximum Gasteiger partial charge on any atom is 0.197 e. The first kappa shape index (κ1) is 12.3. The number of ether oxygens (including phenoxy) is 1. The van der Waals surface area contributed by atoms with Gasteiger partial charge < -0.3 is 4.74 Å². The van der Waals surface area contributed by atoms with Crippen LogP contribution in [0, 0.1) is 0 Å². The van der Waals surface area contributed by atoms with Crippen LogP contribution in [0.1, 0.15) is 49.4 Å². The van der Waals surface area contributed by atoms with Crippen molar-refractivity contribution in [2.45, 2.75) is 51.2 Å². The molecule has 0 amide bonds. The molecule has 0 bridgehead atoms. The monoisotopic (exact) mass is 236 g/mol. The number of hydrogen-bond acceptors (Lipinski definition) is 3. The molecule has 4 nitrogen and oxygen atoms in total. The molecule has 1 aliphatic carbocycles. The molecule has 1 heterocycles. The Balaban J connectivity index is 2.17. The molecule has 0 N–H and O–H groups in total. The third kappa shape index (κ3) is 2.27. The molecule has 2 rings (SSSR count). The molecule has 1 aliphatic rings. The molecule has 0 aromatic carbocycles. The van der Waals surface area contributed by atoms with Crippen LogP contribution in [0.3, 0.4) is 0 Å². The van der Waals surface area contributed by atoms with Crippen LogP contribution >= 0.6 is 0 Å². The van der Waals surface area contributed by atoms with E-state index in [1.54, 1.807) is 13.3 Å². The Hall–Kier alpha value is -1.16. The first-order valence-electron chi connectivity index (χ1n) is 6.34. The zero-order valence-electron chi connectivity index (χ0n) is 10.6. The lowest BCUT2D eigenvalue weighted by atomic mass is 9.92. The average Bonchev–Trinajstić information content (AvgIpc) is 2.98. The van der Waals surface area contributed by atoms with Gasteiger partial charge in [0.05, 0.1) is 11.8 Å². The van der Waals surface area contributed by atoms with E-state index in [0.717, 1.165) is 38.6 Å². The van der Waals surface area contributed by atoms with Gasteiger partial charge in [0.15, 0.2) is 5.78 Å². The van der Waals surface area contributed by atoms with Crippen molar-refractivity contribution in [1.82, 2.24) is 9.78 Å². The molecule has 4 heteroatoms. The fourth-order valence-corrected chi connectivity index (χ4v) is 2.57. The minimum atomic E-state index is -0.583. The van der Waals surface area contributed by atoms with Crippen molar-refractivity contribution in [3.63, 3.8) is 0 Å². The predicted octanol–water partition coefficient (Wildman–Crippen LogP) is 2.44. The zero-order valence-corrected chi connectivity index (χ0v) is 10.6. The van der Waals surface area contributed by atoms with Crippen molar-refractivity contribution in [3.05, 3.63) is 18.0 Å². The Morgan fingerprint density at radius 2 is 2.24 bits per heavy atom. The van der Waals surface area contributed by atoms with Gasteiger partial charge in [-0.1, -0.05) is 6.92 Å². The number of aryl methyl sites for hydroxylation is 1. The van der Waals surface area contributed by atoms with Gasteiger partial charge in [0.1, 0.15) is 5.60 Å². The van der Waals surface area contributed by atoms with Crippen molar-refractivity contribution in [2.75, 3.05) is 7.11 Å². The summed E-state index contributed by atoms with van der Waals surface area (Å²) < 4.78 is 7.32. The molecule has 0 radical (unpaired) electrons. The molecule has 94 valence electrons. The number of aromatic nitrogens is 2. The molecule has 0 saturated heterocycles. The van der Waals surface area contributed by atoms with Gasteiger partial charge in [-0.3, -0.25) is 9.48 Å². The van der Waals surface area contributed by atoms with Gasteiger partial charge >= 0.3 is 0 Å². The minimum Gasteiger partial charge on any atom is -0.370 e. The first-order chi connectivity index (χ1) is 8.22. The fraction of sp³-hybridized carbons (Fsp3) is 0.692. The lowest BCUT2D eigenvalue weighted by molar-refractivity contribution is 0.00601. The van der Waals surface area contributed by atoms with Gasteiger partial charge in [0, 0.05) is 19.9 Å². The maximum absolute atomic E-state index is 12.4. The van der Waals surface area contributed by atoms with Crippen LogP contribution < -0.4 is 0 Å². The normalized spacial score (nSPS) is 18.5. The quantitative estimate of drug-likeness (QED) is 0.737. The van der Waals surface area contributed by atoms with Crippen LogP contribution in [-0.4, -0.2) is 28.3 Å². The molecule has 1 fully saturated rings. The smallest absolute Gasteiger partial charge is 0.197 e. The Labute approximate surface area is 102 Å². The number of methoxy groups -OCH3 is 1. The van der Waals surface area contributed by atoms with Gasteiger partial charge in [-0.15, -0.1) is 0 Å². The van der Waals surface area contributed by atoms with Gasteiger partial charge in [0.25, 0.3) is 0 Å². The molecule has 1 aromatic heterocycles. The van der Waals surface area contributed by atoms with Crippen LogP contribution in [0.25, 0.3) is 0 Å². The molecule has 1 aromatic rings. The molecule has 0 atom stereocenters. The van der Waals surface area contributed by atoms with E-state index in [4.69, 9.17) is 4.74 Å². The SMILES string of the molecule is CCCn1cc(C(=O)C2(OC)CCCC2)cn1. The van der Waals surface area contributed by atoms with Crippen molar-refractivity contribution in [1.29, 1.82) is 0 Å². The van der Waals surface area contributed by atoms with E-state index in [9.17, 15) is 4.79 Å². The summed E-state index contributed by atoms with van der Waals surface area (Å²) in [6.07, 6.45) is 8.33. The van der Waals surface area contributed by atoms with Crippen molar-refractivity contribution in [2.24, 2.45) is 0 Å². The maximum atomic E-state index is 12.4. The number of Topliss-reactive ketones (excluding diaryl/α,β-unsaturated/α-hetero) is 1. The summed E-state index contributed by atoms with van der Waals surface area (Å²) in [7, 11) is 1.64. The van der Waals surface area contributed by atoms with Crippen LogP contribution in [0.5, 0.6) is 0 Å². The van der Waals surface area contributed by atoms with Gasteiger partial charge in [-0.05, 0) is 32.1 Å². The van der Waals surface area contributed by atoms with Gasteiger partial charge in [-0.25, -0.2) is 0 Å². The summed E-state index contributed by atoms with van der Waals surface area (Å²) in [6.45, 7) is 2.95. The van der Waals surface area contributed by atoms with E-state index >= 15 is 0 Å². The van der Waals surface area contributed by atoms with E-state index in [-0.39, 0.29) is 5.78 Å². The Bertz CT molecular complexity index is 392. The van der Waals surface area contributed by atoms with Gasteiger partial charge in [0.2, 0.25) is 0 Å². The second-order valence-electron chi connectivity index (χ2n) is 4.73. The number of rotatable bonds is 5. The standard InChI is InChI=1S/C13H20N2O2/c1-3-8-15-10-11(9-14-15)12(16)13(17-2)6-4-5-7-13/h9-10H,3-8H2,1-2H3. The Morgan fingerprint density at radius 1 is 1.53 bits per heavy atom. The number of carbonyl (C=O) groups is 1. The van der Waals surface area contributed by atoms with Crippen LogP contribution in [0.15, 0.2) is 12.4 Å². The molecular weight excluding hydrogens is 216 g/mol. The number of nitrogens with zero attached hydrogens (tertiary/aromatic N) is 2. The fourth-order valence-electron chi connectivity index (χ4n) is 2.57. The summed E-state index contributed by atoms with van der Waals surface area (Å²) in [5.74, 6) is 0.0971. The van der Waals surface area contributed by atoms with Crippen molar-refractivity contribution >= 4 is 5.78 Å². The molecule has 0 aliphatic heterocycles. The Morgan fingerprint density at radius 3 is 2.82 bits per heavy atom. The lowest BCUT2D eigenvalue weighted by Gasteiger charge is -2.24. The molecule has 1 saturated carbocycles. The first-order valence-corrected chi connectivity index (χ1v) is 6.34. The highest BCUT2D eigenvalue weighted by molar-refractivity contribution is 6.02. The highest BCUT2D eigenvalue weighted by atomic mass is 16.5.